The van der Waals surface area contributed by atoms with Crippen molar-refractivity contribution in [3.05, 3.63) is 0 Å². The van der Waals surface area contributed by atoms with Crippen molar-refractivity contribution in [2.24, 2.45) is 29.6 Å². The summed E-state index contributed by atoms with van der Waals surface area (Å²) in [4.78, 5) is 0. The Hall–Kier alpha value is -0.0400. The van der Waals surface area contributed by atoms with E-state index < -0.39 is 0 Å². The summed E-state index contributed by atoms with van der Waals surface area (Å²) in [7, 11) is 0. The molecule has 0 aromatic carbocycles. The van der Waals surface area contributed by atoms with E-state index >= 15 is 0 Å². The van der Waals surface area contributed by atoms with Gasteiger partial charge in [0.05, 0.1) is 0 Å². The van der Waals surface area contributed by atoms with Gasteiger partial charge in [0.2, 0.25) is 0 Å². The standard InChI is InChI=1S/C17H31N/c1-11(2)7-8-12(3)18-17-10-13-9-16(17)15-6-4-5-14(13)15/h11-18H,4-10H2,1-3H3. The molecule has 6 atom stereocenters. The van der Waals surface area contributed by atoms with Crippen molar-refractivity contribution in [1.29, 1.82) is 0 Å². The molecule has 1 heteroatoms. The first-order chi connectivity index (χ1) is 8.65. The molecule has 0 saturated heterocycles. The fourth-order valence-electron chi connectivity index (χ4n) is 5.29. The molecule has 1 nitrogen and oxygen atoms in total. The highest BCUT2D eigenvalue weighted by atomic mass is 15.0. The third-order valence-electron chi connectivity index (χ3n) is 6.10. The average Bonchev–Trinajstić information content (AvgIpc) is 2.97. The van der Waals surface area contributed by atoms with E-state index in [2.05, 4.69) is 26.1 Å². The maximum Gasteiger partial charge on any atom is 0.0103 e. The Labute approximate surface area is 113 Å². The lowest BCUT2D eigenvalue weighted by atomic mass is 9.79. The monoisotopic (exact) mass is 249 g/mol. The minimum absolute atomic E-state index is 0.733. The molecular weight excluding hydrogens is 218 g/mol. The van der Waals surface area contributed by atoms with Crippen LogP contribution in [-0.2, 0) is 0 Å². The highest BCUT2D eigenvalue weighted by Crippen LogP contribution is 2.58. The van der Waals surface area contributed by atoms with Crippen LogP contribution in [0.15, 0.2) is 0 Å². The third kappa shape index (κ3) is 2.35. The Kier molecular flexibility index (Phi) is 3.71. The predicted molar refractivity (Wildman–Crippen MR) is 77.5 cm³/mol. The molecule has 3 aliphatic rings. The van der Waals surface area contributed by atoms with Gasteiger partial charge in [-0.25, -0.2) is 0 Å². The van der Waals surface area contributed by atoms with Crippen LogP contribution in [0.3, 0.4) is 0 Å². The molecule has 0 amide bonds. The van der Waals surface area contributed by atoms with Crippen molar-refractivity contribution >= 4 is 0 Å². The zero-order chi connectivity index (χ0) is 12.7. The summed E-state index contributed by atoms with van der Waals surface area (Å²) >= 11 is 0. The largest absolute Gasteiger partial charge is 0.311 e. The Balaban J connectivity index is 1.50. The third-order valence-corrected chi connectivity index (χ3v) is 6.10. The van der Waals surface area contributed by atoms with Gasteiger partial charge < -0.3 is 5.32 Å². The van der Waals surface area contributed by atoms with Crippen LogP contribution in [0.1, 0.15) is 65.7 Å². The Morgan fingerprint density at radius 1 is 0.944 bits per heavy atom. The molecule has 3 aliphatic carbocycles. The molecule has 1 N–H and O–H groups in total. The molecule has 3 rings (SSSR count). The van der Waals surface area contributed by atoms with Gasteiger partial charge in [-0.3, -0.25) is 0 Å². The van der Waals surface area contributed by atoms with E-state index in [0.717, 1.165) is 41.7 Å². The van der Waals surface area contributed by atoms with Crippen LogP contribution in [0.4, 0.5) is 0 Å². The first-order valence-corrected chi connectivity index (χ1v) is 8.41. The van der Waals surface area contributed by atoms with E-state index in [4.69, 9.17) is 0 Å². The van der Waals surface area contributed by atoms with Gasteiger partial charge in [-0.1, -0.05) is 20.3 Å². The second kappa shape index (κ2) is 5.15. The van der Waals surface area contributed by atoms with Gasteiger partial charge >= 0.3 is 0 Å². The fraction of sp³-hybridized carbons (Fsp3) is 1.00. The van der Waals surface area contributed by atoms with Gasteiger partial charge in [-0.05, 0) is 75.0 Å². The lowest BCUT2D eigenvalue weighted by Gasteiger charge is -2.34. The number of hydrogen-bond acceptors (Lipinski definition) is 1. The number of fused-ring (bicyclic) bond motifs is 5. The van der Waals surface area contributed by atoms with E-state index in [1.807, 2.05) is 0 Å². The number of hydrogen-bond donors (Lipinski definition) is 1. The van der Waals surface area contributed by atoms with Gasteiger partial charge in [0.25, 0.3) is 0 Å². The van der Waals surface area contributed by atoms with E-state index in [-0.39, 0.29) is 0 Å². The second-order valence-electron chi connectivity index (χ2n) is 7.80. The molecule has 3 saturated carbocycles. The Morgan fingerprint density at radius 3 is 2.50 bits per heavy atom. The van der Waals surface area contributed by atoms with Crippen LogP contribution in [0.25, 0.3) is 0 Å². The molecule has 0 aromatic heterocycles. The summed E-state index contributed by atoms with van der Waals surface area (Å²) in [6.07, 6.45) is 10.4. The van der Waals surface area contributed by atoms with Crippen LogP contribution in [0.2, 0.25) is 0 Å². The van der Waals surface area contributed by atoms with Gasteiger partial charge in [0, 0.05) is 12.1 Å². The molecule has 2 bridgehead atoms. The van der Waals surface area contributed by atoms with E-state index in [9.17, 15) is 0 Å². The molecule has 0 spiro atoms. The lowest BCUT2D eigenvalue weighted by molar-refractivity contribution is 0.197. The van der Waals surface area contributed by atoms with E-state index in [1.165, 1.54) is 25.7 Å². The zero-order valence-electron chi connectivity index (χ0n) is 12.5. The van der Waals surface area contributed by atoms with Crippen LogP contribution in [-0.4, -0.2) is 12.1 Å². The second-order valence-corrected chi connectivity index (χ2v) is 7.80. The maximum absolute atomic E-state index is 3.98. The molecule has 104 valence electrons. The number of nitrogens with one attached hydrogen (secondary N) is 1. The topological polar surface area (TPSA) is 12.0 Å². The maximum atomic E-state index is 3.98. The molecule has 0 aromatic rings. The predicted octanol–water partition coefficient (Wildman–Crippen LogP) is 4.23. The van der Waals surface area contributed by atoms with Crippen LogP contribution >= 0.6 is 0 Å². The van der Waals surface area contributed by atoms with Crippen LogP contribution < -0.4 is 5.32 Å². The molecule has 0 radical (unpaired) electrons. The zero-order valence-corrected chi connectivity index (χ0v) is 12.5. The van der Waals surface area contributed by atoms with Crippen molar-refractivity contribution in [3.63, 3.8) is 0 Å². The van der Waals surface area contributed by atoms with E-state index in [0.29, 0.717) is 0 Å². The summed E-state index contributed by atoms with van der Waals surface area (Å²) in [6.45, 7) is 7.08. The highest BCUT2D eigenvalue weighted by Gasteiger charge is 2.53. The van der Waals surface area contributed by atoms with Crippen molar-refractivity contribution in [2.75, 3.05) is 0 Å². The SMILES string of the molecule is CC(C)CCC(C)NC1CC2CC1C1CCCC21. The Morgan fingerprint density at radius 2 is 1.72 bits per heavy atom. The number of rotatable bonds is 5. The molecule has 0 aliphatic heterocycles. The van der Waals surface area contributed by atoms with Gasteiger partial charge in [-0.2, -0.15) is 0 Å². The van der Waals surface area contributed by atoms with Gasteiger partial charge in [0.15, 0.2) is 0 Å². The lowest BCUT2D eigenvalue weighted by Crippen LogP contribution is -2.43. The van der Waals surface area contributed by atoms with Crippen molar-refractivity contribution < 1.29 is 0 Å². The average molecular weight is 249 g/mol. The van der Waals surface area contributed by atoms with Crippen LogP contribution in [0, 0.1) is 29.6 Å². The van der Waals surface area contributed by atoms with Crippen molar-refractivity contribution in [2.45, 2.75) is 77.8 Å². The van der Waals surface area contributed by atoms with Gasteiger partial charge in [0.1, 0.15) is 0 Å². The smallest absolute Gasteiger partial charge is 0.0103 e. The van der Waals surface area contributed by atoms with Gasteiger partial charge in [-0.15, -0.1) is 0 Å². The summed E-state index contributed by atoms with van der Waals surface area (Å²) in [5.41, 5.74) is 0. The quantitative estimate of drug-likeness (QED) is 0.769. The molecular formula is C17H31N. The van der Waals surface area contributed by atoms with E-state index in [1.54, 1.807) is 19.3 Å². The fourth-order valence-corrected chi connectivity index (χ4v) is 5.29. The first kappa shape index (κ1) is 13.0. The first-order valence-electron chi connectivity index (χ1n) is 8.41. The summed E-state index contributed by atoms with van der Waals surface area (Å²) in [6, 6.07) is 1.60. The summed E-state index contributed by atoms with van der Waals surface area (Å²) in [5.74, 6) is 5.24. The minimum atomic E-state index is 0.733. The van der Waals surface area contributed by atoms with Crippen molar-refractivity contribution in [1.82, 2.24) is 5.32 Å². The van der Waals surface area contributed by atoms with Crippen LogP contribution in [0.5, 0.6) is 0 Å². The summed E-state index contributed by atoms with van der Waals surface area (Å²) in [5, 5.41) is 3.98. The normalized spacial score (nSPS) is 43.7. The van der Waals surface area contributed by atoms with Crippen molar-refractivity contribution in [3.8, 4) is 0 Å². The highest BCUT2D eigenvalue weighted by molar-refractivity contribution is 5.05. The molecule has 18 heavy (non-hydrogen) atoms. The molecule has 6 unspecified atom stereocenters. The molecule has 0 heterocycles. The summed E-state index contributed by atoms with van der Waals surface area (Å²) < 4.78 is 0. The molecule has 3 fully saturated rings. The Bertz CT molecular complexity index is 285. The minimum Gasteiger partial charge on any atom is -0.311 e.